The van der Waals surface area contributed by atoms with E-state index in [1.807, 2.05) is 20.8 Å². The van der Waals surface area contributed by atoms with E-state index in [9.17, 15) is 0 Å². The molecule has 1 aliphatic heterocycles. The number of rotatable bonds is 3. The van der Waals surface area contributed by atoms with E-state index in [-0.39, 0.29) is 0 Å². The van der Waals surface area contributed by atoms with Crippen molar-refractivity contribution < 1.29 is 9.47 Å². The van der Waals surface area contributed by atoms with Gasteiger partial charge in [0.2, 0.25) is 0 Å². The second-order valence-electron chi connectivity index (χ2n) is 3.26. The number of aromatic nitrogens is 2. The first kappa shape index (κ1) is 11.9. The monoisotopic (exact) mass is 210 g/mol. The second kappa shape index (κ2) is 6.35. The van der Waals surface area contributed by atoms with Gasteiger partial charge in [0.15, 0.2) is 0 Å². The first-order valence-corrected chi connectivity index (χ1v) is 5.34. The summed E-state index contributed by atoms with van der Waals surface area (Å²) in [6.07, 6.45) is 3.50. The summed E-state index contributed by atoms with van der Waals surface area (Å²) < 4.78 is 10.4. The number of aryl methyl sites for hydroxylation is 1. The van der Waals surface area contributed by atoms with Crippen LogP contribution in [0.25, 0.3) is 0 Å². The quantitative estimate of drug-likeness (QED) is 0.763. The van der Waals surface area contributed by atoms with Crippen LogP contribution in [-0.2, 0) is 4.74 Å². The van der Waals surface area contributed by atoms with Crippen LogP contribution in [0.3, 0.4) is 0 Å². The van der Waals surface area contributed by atoms with Crippen LogP contribution in [0, 0.1) is 12.8 Å². The van der Waals surface area contributed by atoms with Gasteiger partial charge >= 0.3 is 6.01 Å². The van der Waals surface area contributed by atoms with Crippen molar-refractivity contribution in [3.63, 3.8) is 0 Å². The molecule has 0 aliphatic carbocycles. The van der Waals surface area contributed by atoms with Crippen molar-refractivity contribution in [2.45, 2.75) is 20.8 Å². The Kier molecular flexibility index (Phi) is 5.04. The molecule has 1 saturated heterocycles. The van der Waals surface area contributed by atoms with Crippen molar-refractivity contribution in [2.75, 3.05) is 19.8 Å². The molecule has 2 heterocycles. The molecule has 84 valence electrons. The van der Waals surface area contributed by atoms with E-state index in [1.54, 1.807) is 12.4 Å². The van der Waals surface area contributed by atoms with E-state index in [1.165, 1.54) is 0 Å². The highest BCUT2D eigenvalue weighted by Gasteiger charge is 2.19. The molecule has 0 unspecified atom stereocenters. The highest BCUT2D eigenvalue weighted by Crippen LogP contribution is 2.11. The van der Waals surface area contributed by atoms with Crippen LogP contribution in [0.1, 0.15) is 19.4 Å². The van der Waals surface area contributed by atoms with Gasteiger partial charge in [0.05, 0.1) is 19.8 Å². The summed E-state index contributed by atoms with van der Waals surface area (Å²) in [5.74, 6) is 0.518. The molecular formula is C11H18N2O2. The van der Waals surface area contributed by atoms with Crippen LogP contribution in [0.4, 0.5) is 0 Å². The average molecular weight is 210 g/mol. The topological polar surface area (TPSA) is 44.2 Å². The van der Waals surface area contributed by atoms with E-state index in [0.29, 0.717) is 18.5 Å². The van der Waals surface area contributed by atoms with Crippen molar-refractivity contribution in [3.05, 3.63) is 18.0 Å². The Labute approximate surface area is 90.7 Å². The molecule has 0 atom stereocenters. The number of nitrogens with zero attached hydrogens (tertiary/aromatic N) is 2. The summed E-state index contributed by atoms with van der Waals surface area (Å²) in [6, 6.07) is 0.456. The highest BCUT2D eigenvalue weighted by atomic mass is 16.5. The lowest BCUT2D eigenvalue weighted by atomic mass is 10.1. The van der Waals surface area contributed by atoms with Crippen molar-refractivity contribution >= 4 is 0 Å². The molecule has 1 aromatic rings. The van der Waals surface area contributed by atoms with Gasteiger partial charge in [-0.3, -0.25) is 0 Å². The van der Waals surface area contributed by atoms with Crippen LogP contribution in [-0.4, -0.2) is 29.8 Å². The Hall–Kier alpha value is -1.16. The third-order valence-electron chi connectivity index (χ3n) is 1.91. The SMILES string of the molecule is CC.Cc1cnc(OCC2COC2)nc1. The number of ether oxygens (including phenoxy) is 2. The molecule has 0 aromatic carbocycles. The smallest absolute Gasteiger partial charge is 0.316 e. The minimum Gasteiger partial charge on any atom is -0.463 e. The Morgan fingerprint density at radius 2 is 1.93 bits per heavy atom. The minimum absolute atomic E-state index is 0.456. The van der Waals surface area contributed by atoms with Gasteiger partial charge in [0.1, 0.15) is 0 Å². The minimum atomic E-state index is 0.456. The largest absolute Gasteiger partial charge is 0.463 e. The highest BCUT2D eigenvalue weighted by molar-refractivity contribution is 5.04. The molecule has 0 amide bonds. The van der Waals surface area contributed by atoms with E-state index in [2.05, 4.69) is 9.97 Å². The molecule has 4 heteroatoms. The fourth-order valence-corrected chi connectivity index (χ4v) is 1.03. The van der Waals surface area contributed by atoms with E-state index in [0.717, 1.165) is 18.8 Å². The Balaban J connectivity index is 0.000000531. The number of hydrogen-bond acceptors (Lipinski definition) is 4. The summed E-state index contributed by atoms with van der Waals surface area (Å²) in [7, 11) is 0. The molecule has 0 saturated carbocycles. The number of hydrogen-bond donors (Lipinski definition) is 0. The van der Waals surface area contributed by atoms with Crippen LogP contribution < -0.4 is 4.74 Å². The summed E-state index contributed by atoms with van der Waals surface area (Å²) in [6.45, 7) is 8.20. The lowest BCUT2D eigenvalue weighted by molar-refractivity contribution is -0.0520. The normalized spacial score (nSPS) is 14.9. The van der Waals surface area contributed by atoms with E-state index < -0.39 is 0 Å². The fraction of sp³-hybridized carbons (Fsp3) is 0.636. The fourth-order valence-electron chi connectivity index (χ4n) is 1.03. The van der Waals surface area contributed by atoms with Gasteiger partial charge in [0, 0.05) is 18.3 Å². The standard InChI is InChI=1S/C9H12N2O2.C2H6/c1-7-2-10-9(11-3-7)13-6-8-4-12-5-8;1-2/h2-3,8H,4-6H2,1H3;1-2H3. The lowest BCUT2D eigenvalue weighted by Crippen LogP contribution is -2.32. The van der Waals surface area contributed by atoms with Crippen molar-refractivity contribution in [1.29, 1.82) is 0 Å². The lowest BCUT2D eigenvalue weighted by Gasteiger charge is -2.25. The molecular weight excluding hydrogens is 192 g/mol. The third-order valence-corrected chi connectivity index (χ3v) is 1.91. The Morgan fingerprint density at radius 3 is 2.40 bits per heavy atom. The van der Waals surface area contributed by atoms with Gasteiger partial charge in [-0.25, -0.2) is 9.97 Å². The molecule has 15 heavy (non-hydrogen) atoms. The van der Waals surface area contributed by atoms with Crippen molar-refractivity contribution in [2.24, 2.45) is 5.92 Å². The average Bonchev–Trinajstić information content (AvgIpc) is 2.22. The van der Waals surface area contributed by atoms with Crippen LogP contribution in [0.15, 0.2) is 12.4 Å². The predicted molar refractivity (Wildman–Crippen MR) is 57.9 cm³/mol. The maximum Gasteiger partial charge on any atom is 0.316 e. The van der Waals surface area contributed by atoms with Crippen LogP contribution >= 0.6 is 0 Å². The van der Waals surface area contributed by atoms with Crippen LogP contribution in [0.2, 0.25) is 0 Å². The van der Waals surface area contributed by atoms with Gasteiger partial charge in [-0.15, -0.1) is 0 Å². The zero-order valence-corrected chi connectivity index (χ0v) is 9.56. The maximum absolute atomic E-state index is 5.36. The zero-order chi connectivity index (χ0) is 11.1. The summed E-state index contributed by atoms with van der Waals surface area (Å²) in [4.78, 5) is 8.07. The van der Waals surface area contributed by atoms with E-state index >= 15 is 0 Å². The molecule has 1 aliphatic rings. The molecule has 2 rings (SSSR count). The van der Waals surface area contributed by atoms with Gasteiger partial charge < -0.3 is 9.47 Å². The molecule has 1 aromatic heterocycles. The Morgan fingerprint density at radius 1 is 1.33 bits per heavy atom. The second-order valence-corrected chi connectivity index (χ2v) is 3.26. The van der Waals surface area contributed by atoms with Gasteiger partial charge in [-0.1, -0.05) is 13.8 Å². The van der Waals surface area contributed by atoms with Crippen molar-refractivity contribution in [3.8, 4) is 6.01 Å². The first-order chi connectivity index (χ1) is 7.34. The van der Waals surface area contributed by atoms with Crippen LogP contribution in [0.5, 0.6) is 6.01 Å². The van der Waals surface area contributed by atoms with E-state index in [4.69, 9.17) is 9.47 Å². The summed E-state index contributed by atoms with van der Waals surface area (Å²) >= 11 is 0. The molecule has 0 spiro atoms. The molecule has 1 fully saturated rings. The molecule has 4 nitrogen and oxygen atoms in total. The van der Waals surface area contributed by atoms with Gasteiger partial charge in [-0.05, 0) is 12.5 Å². The summed E-state index contributed by atoms with van der Waals surface area (Å²) in [5.41, 5.74) is 1.04. The Bertz CT molecular complexity index is 270. The molecule has 0 bridgehead atoms. The third kappa shape index (κ3) is 3.83. The predicted octanol–water partition coefficient (Wildman–Crippen LogP) is 1.84. The molecule has 0 N–H and O–H groups in total. The van der Waals surface area contributed by atoms with Gasteiger partial charge in [0.25, 0.3) is 0 Å². The zero-order valence-electron chi connectivity index (χ0n) is 9.56. The van der Waals surface area contributed by atoms with Crippen molar-refractivity contribution in [1.82, 2.24) is 9.97 Å². The van der Waals surface area contributed by atoms with Gasteiger partial charge in [-0.2, -0.15) is 0 Å². The molecule has 0 radical (unpaired) electrons. The maximum atomic E-state index is 5.36. The first-order valence-electron chi connectivity index (χ1n) is 5.34. The summed E-state index contributed by atoms with van der Waals surface area (Å²) in [5, 5.41) is 0.